The smallest absolute Gasteiger partial charge is 0.319 e. The molecule has 4 aromatic rings. The van der Waals surface area contributed by atoms with E-state index in [9.17, 15) is 14.6 Å². The minimum atomic E-state index is -0.937. The molecular weight excluding hydrogens is 599 g/mol. The maximum Gasteiger partial charge on any atom is 0.319 e. The van der Waals surface area contributed by atoms with E-state index in [1.807, 2.05) is 4.90 Å². The molecule has 2 aromatic heterocycles. The highest BCUT2D eigenvalue weighted by molar-refractivity contribution is 6.01. The van der Waals surface area contributed by atoms with Gasteiger partial charge in [0.2, 0.25) is 0 Å². The normalized spacial score (nSPS) is 26.8. The van der Waals surface area contributed by atoms with Gasteiger partial charge in [0.05, 0.1) is 23.1 Å². The largest absolute Gasteiger partial charge is 0.508 e. The van der Waals surface area contributed by atoms with Crippen molar-refractivity contribution in [2.75, 3.05) is 44.3 Å². The van der Waals surface area contributed by atoms with Gasteiger partial charge < -0.3 is 24.6 Å². The number of benzene rings is 2. The molecule has 0 radical (unpaired) electrons. The number of phenols is 1. The Bertz CT molecular complexity index is 1830. The molecule has 242 valence electrons. The van der Waals surface area contributed by atoms with E-state index < -0.39 is 29.4 Å². The van der Waals surface area contributed by atoms with Crippen LogP contribution in [0.25, 0.3) is 32.9 Å². The topological polar surface area (TPSA) is 104 Å². The lowest BCUT2D eigenvalue weighted by Gasteiger charge is -2.31. The monoisotopic (exact) mass is 635 g/mol. The summed E-state index contributed by atoms with van der Waals surface area (Å²) < 4.78 is 59.3. The highest BCUT2D eigenvalue weighted by Crippen LogP contribution is 2.42. The molecule has 0 saturated carbocycles. The second-order valence-electron chi connectivity index (χ2n) is 13.2. The highest BCUT2D eigenvalue weighted by atomic mass is 19.1. The Morgan fingerprint density at radius 2 is 1.98 bits per heavy atom. The SMILES string of the molecule is Oc1cc2c3c(c(F)ccc3c1)CCCO[C@@H]1CC[C@H](O)CN(C1)c1nc(OC[C@@]34CCCN3C[C@H](F)C4)nc3c(F)c-2ncc13. The molecule has 9 nitrogen and oxygen atoms in total. The molecule has 0 amide bonds. The number of aromatic hydroxyl groups is 1. The summed E-state index contributed by atoms with van der Waals surface area (Å²) in [6.07, 6.45) is 3.65. The first kappa shape index (κ1) is 29.6. The van der Waals surface area contributed by atoms with Crippen molar-refractivity contribution >= 4 is 27.5 Å². The molecular formula is C34H36F3N5O4. The third kappa shape index (κ3) is 5.10. The fourth-order valence-electron chi connectivity index (χ4n) is 8.04. The van der Waals surface area contributed by atoms with Gasteiger partial charge in [-0.25, -0.2) is 13.2 Å². The Morgan fingerprint density at radius 3 is 2.87 bits per heavy atom. The van der Waals surface area contributed by atoms with Crippen LogP contribution in [0.2, 0.25) is 0 Å². The van der Waals surface area contributed by atoms with Crippen LogP contribution in [0.5, 0.6) is 11.8 Å². The molecule has 5 aliphatic heterocycles. The third-order valence-electron chi connectivity index (χ3n) is 10.2. The molecule has 3 fully saturated rings. The zero-order valence-corrected chi connectivity index (χ0v) is 25.4. The molecule has 12 heteroatoms. The summed E-state index contributed by atoms with van der Waals surface area (Å²) in [6, 6.07) is 5.79. The molecule has 0 unspecified atom stereocenters. The molecule has 7 heterocycles. The van der Waals surface area contributed by atoms with Crippen molar-refractivity contribution in [2.45, 2.75) is 68.9 Å². The lowest BCUT2D eigenvalue weighted by molar-refractivity contribution is 0.0484. The molecule has 2 aromatic carbocycles. The maximum atomic E-state index is 16.9. The summed E-state index contributed by atoms with van der Waals surface area (Å²) >= 11 is 0. The van der Waals surface area contributed by atoms with Crippen molar-refractivity contribution in [3.05, 3.63) is 47.7 Å². The van der Waals surface area contributed by atoms with Gasteiger partial charge in [-0.2, -0.15) is 9.97 Å². The van der Waals surface area contributed by atoms with Crippen molar-refractivity contribution in [1.82, 2.24) is 19.9 Å². The van der Waals surface area contributed by atoms with E-state index in [4.69, 9.17) is 14.5 Å². The average molecular weight is 636 g/mol. The number of hydrogen-bond acceptors (Lipinski definition) is 9. The van der Waals surface area contributed by atoms with Gasteiger partial charge in [-0.05, 0) is 79.6 Å². The lowest BCUT2D eigenvalue weighted by Crippen LogP contribution is -2.43. The number of rotatable bonds is 3. The van der Waals surface area contributed by atoms with Gasteiger partial charge in [0.1, 0.15) is 41.4 Å². The Labute approximate surface area is 264 Å². The first-order valence-corrected chi connectivity index (χ1v) is 16.2. The molecule has 0 aliphatic carbocycles. The van der Waals surface area contributed by atoms with E-state index in [1.54, 1.807) is 6.07 Å². The predicted octanol–water partition coefficient (Wildman–Crippen LogP) is 5.08. The molecule has 4 atom stereocenters. The number of anilines is 1. The Hall–Kier alpha value is -3.74. The Morgan fingerprint density at radius 1 is 1.09 bits per heavy atom. The number of aryl methyl sites for hydroxylation is 1. The van der Waals surface area contributed by atoms with Crippen LogP contribution in [-0.4, -0.2) is 93.4 Å². The summed E-state index contributed by atoms with van der Waals surface area (Å²) in [7, 11) is 0. The van der Waals surface area contributed by atoms with Crippen molar-refractivity contribution in [3.63, 3.8) is 0 Å². The van der Waals surface area contributed by atoms with Gasteiger partial charge >= 0.3 is 6.01 Å². The van der Waals surface area contributed by atoms with E-state index in [1.165, 1.54) is 24.4 Å². The zero-order valence-electron chi connectivity index (χ0n) is 25.4. The maximum absolute atomic E-state index is 16.9. The van der Waals surface area contributed by atoms with Crippen LogP contribution >= 0.6 is 0 Å². The second-order valence-corrected chi connectivity index (χ2v) is 13.2. The van der Waals surface area contributed by atoms with Crippen LogP contribution in [0.15, 0.2) is 30.5 Å². The average Bonchev–Trinajstić information content (AvgIpc) is 3.48. The van der Waals surface area contributed by atoms with Crippen LogP contribution < -0.4 is 9.64 Å². The summed E-state index contributed by atoms with van der Waals surface area (Å²) in [5.74, 6) is -0.957. The first-order chi connectivity index (χ1) is 22.3. The molecule has 3 saturated heterocycles. The molecule has 6 bridgehead atoms. The summed E-state index contributed by atoms with van der Waals surface area (Å²) in [5, 5.41) is 22.8. The van der Waals surface area contributed by atoms with Crippen molar-refractivity contribution in [2.24, 2.45) is 0 Å². The number of nitrogens with zero attached hydrogens (tertiary/aromatic N) is 5. The summed E-state index contributed by atoms with van der Waals surface area (Å²) in [4.78, 5) is 17.8. The van der Waals surface area contributed by atoms with Gasteiger partial charge in [-0.15, -0.1) is 0 Å². The third-order valence-corrected chi connectivity index (χ3v) is 10.2. The molecule has 9 rings (SSSR count). The van der Waals surface area contributed by atoms with Crippen molar-refractivity contribution in [1.29, 1.82) is 0 Å². The first-order valence-electron chi connectivity index (χ1n) is 16.2. The standard InChI is InChI=1S/C34H36F3N5O4/c35-20-13-34(8-2-9-42(34)15-20)18-46-33-39-31-26-14-38-30(29(31)37)25-12-22(44)11-19-4-7-27(36)24(28(19)25)3-1-10-45-23-6-5-21(43)16-41(17-23)32(26)40-33/h4,7,11-12,14,20-21,23,43-44H,1-3,5-6,8-10,13,15-18H2/t20-,21+,23-,34+/m1/s1. The fourth-order valence-corrected chi connectivity index (χ4v) is 8.04. The number of aliphatic hydroxyl groups is 1. The van der Waals surface area contributed by atoms with Crippen molar-refractivity contribution < 1.29 is 32.9 Å². The number of ether oxygens (including phenoxy) is 2. The number of alkyl halides is 1. The van der Waals surface area contributed by atoms with Gasteiger partial charge in [-0.3, -0.25) is 9.88 Å². The van der Waals surface area contributed by atoms with Crippen LogP contribution in [0.1, 0.15) is 44.1 Å². The predicted molar refractivity (Wildman–Crippen MR) is 166 cm³/mol. The van der Waals surface area contributed by atoms with E-state index in [2.05, 4.69) is 14.9 Å². The quantitative estimate of drug-likeness (QED) is 0.319. The van der Waals surface area contributed by atoms with Crippen LogP contribution in [0, 0.1) is 11.6 Å². The minimum Gasteiger partial charge on any atom is -0.508 e. The van der Waals surface area contributed by atoms with Gasteiger partial charge in [-0.1, -0.05) is 6.07 Å². The van der Waals surface area contributed by atoms with Gasteiger partial charge in [0.15, 0.2) is 5.82 Å². The van der Waals surface area contributed by atoms with Crippen LogP contribution in [0.4, 0.5) is 19.0 Å². The number of pyridine rings is 1. The highest BCUT2D eigenvalue weighted by Gasteiger charge is 2.49. The summed E-state index contributed by atoms with van der Waals surface area (Å²) in [6.45, 7) is 2.29. The Balaban J connectivity index is 1.32. The number of aromatic nitrogens is 3. The fraction of sp³-hybridized carbons (Fsp3) is 0.500. The Kier molecular flexibility index (Phi) is 7.41. The molecule has 5 aliphatic rings. The molecule has 46 heavy (non-hydrogen) atoms. The number of fused-ring (bicyclic) bond motifs is 5. The second kappa shape index (κ2) is 11.5. The van der Waals surface area contributed by atoms with E-state index in [0.717, 1.165) is 19.4 Å². The van der Waals surface area contributed by atoms with E-state index >= 15 is 8.78 Å². The number of aliphatic hydroxyl groups excluding tert-OH is 1. The zero-order chi connectivity index (χ0) is 31.6. The molecule has 0 spiro atoms. The minimum absolute atomic E-state index is 0.0545. The van der Waals surface area contributed by atoms with Crippen LogP contribution in [-0.2, 0) is 11.2 Å². The van der Waals surface area contributed by atoms with E-state index in [0.29, 0.717) is 79.3 Å². The van der Waals surface area contributed by atoms with Crippen LogP contribution in [0.3, 0.4) is 0 Å². The van der Waals surface area contributed by atoms with Gasteiger partial charge in [0.25, 0.3) is 0 Å². The number of phenolic OH excluding ortho intramolecular Hbond substituents is 1. The lowest BCUT2D eigenvalue weighted by atomic mass is 9.93. The van der Waals surface area contributed by atoms with E-state index in [-0.39, 0.29) is 47.8 Å². The van der Waals surface area contributed by atoms with Crippen molar-refractivity contribution in [3.8, 4) is 23.0 Å². The number of hydrogen-bond donors (Lipinski definition) is 2. The number of halogens is 3. The van der Waals surface area contributed by atoms with Gasteiger partial charge in [0, 0.05) is 44.4 Å². The molecule has 2 N–H and O–H groups in total. The summed E-state index contributed by atoms with van der Waals surface area (Å²) in [5.41, 5.74) is 0.0246.